The smallest absolute Gasteiger partial charge is 0.298 e. The van der Waals surface area contributed by atoms with Gasteiger partial charge in [0.25, 0.3) is 5.91 Å². The van der Waals surface area contributed by atoms with E-state index >= 15 is 0 Å². The molecule has 0 aliphatic carbocycles. The Morgan fingerprint density at radius 1 is 1.33 bits per heavy atom. The minimum Gasteiger partial charge on any atom is -0.497 e. The Morgan fingerprint density at radius 3 is 2.90 bits per heavy atom. The SMILES string of the molecule is COc1ccc2nc(C(=O)N=c3sccn3C)ccc2c1. The van der Waals surface area contributed by atoms with Gasteiger partial charge in [0.15, 0.2) is 4.80 Å². The molecule has 106 valence electrons. The van der Waals surface area contributed by atoms with E-state index in [4.69, 9.17) is 4.74 Å². The molecule has 0 aliphatic heterocycles. The molecule has 0 aliphatic rings. The Morgan fingerprint density at radius 2 is 2.19 bits per heavy atom. The Labute approximate surface area is 125 Å². The molecule has 0 bridgehead atoms. The number of hydrogen-bond acceptors (Lipinski definition) is 4. The minimum atomic E-state index is -0.342. The predicted octanol–water partition coefficient (Wildman–Crippen LogP) is 2.38. The Balaban J connectivity index is 2.01. The number of aromatic nitrogens is 2. The van der Waals surface area contributed by atoms with Crippen molar-refractivity contribution in [3.63, 3.8) is 0 Å². The van der Waals surface area contributed by atoms with E-state index in [1.165, 1.54) is 11.3 Å². The molecule has 1 amide bonds. The normalized spacial score (nSPS) is 11.8. The third-order valence-electron chi connectivity index (χ3n) is 3.07. The van der Waals surface area contributed by atoms with E-state index < -0.39 is 0 Å². The van der Waals surface area contributed by atoms with Crippen LogP contribution in [0, 0.1) is 0 Å². The number of methoxy groups -OCH3 is 1. The summed E-state index contributed by atoms with van der Waals surface area (Å²) in [5, 5.41) is 2.80. The summed E-state index contributed by atoms with van der Waals surface area (Å²) >= 11 is 1.41. The molecule has 0 spiro atoms. The maximum Gasteiger partial charge on any atom is 0.298 e. The zero-order chi connectivity index (χ0) is 14.8. The van der Waals surface area contributed by atoms with Crippen LogP contribution in [0.1, 0.15) is 10.5 Å². The van der Waals surface area contributed by atoms with Crippen LogP contribution in [0.5, 0.6) is 5.75 Å². The number of thiazole rings is 1. The largest absolute Gasteiger partial charge is 0.497 e. The molecule has 0 saturated heterocycles. The second-order valence-corrected chi connectivity index (χ2v) is 5.34. The molecule has 0 fully saturated rings. The summed E-state index contributed by atoms with van der Waals surface area (Å²) in [6.45, 7) is 0. The lowest BCUT2D eigenvalue weighted by atomic mass is 10.2. The van der Waals surface area contributed by atoms with Crippen LogP contribution in [-0.4, -0.2) is 22.6 Å². The van der Waals surface area contributed by atoms with E-state index in [1.54, 1.807) is 17.7 Å². The van der Waals surface area contributed by atoms with Crippen LogP contribution >= 0.6 is 11.3 Å². The third-order valence-corrected chi connectivity index (χ3v) is 3.92. The van der Waals surface area contributed by atoms with Gasteiger partial charge in [0.1, 0.15) is 11.4 Å². The van der Waals surface area contributed by atoms with Gasteiger partial charge >= 0.3 is 0 Å². The highest BCUT2D eigenvalue weighted by Crippen LogP contribution is 2.19. The van der Waals surface area contributed by atoms with Gasteiger partial charge in [0.2, 0.25) is 0 Å². The average molecular weight is 299 g/mol. The van der Waals surface area contributed by atoms with Gasteiger partial charge in [-0.3, -0.25) is 4.79 Å². The van der Waals surface area contributed by atoms with Gasteiger partial charge in [-0.2, -0.15) is 4.99 Å². The van der Waals surface area contributed by atoms with Crippen molar-refractivity contribution in [1.82, 2.24) is 9.55 Å². The fraction of sp³-hybridized carbons (Fsp3) is 0.133. The number of pyridine rings is 1. The topological polar surface area (TPSA) is 56.5 Å². The number of carbonyl (C=O) groups is 1. The standard InChI is InChI=1S/C15H13N3O2S/c1-18-7-8-21-15(18)17-14(19)13-5-3-10-9-11(20-2)4-6-12(10)16-13/h3-9H,1-2H3. The molecule has 5 nitrogen and oxygen atoms in total. The van der Waals surface area contributed by atoms with E-state index in [0.29, 0.717) is 10.5 Å². The van der Waals surface area contributed by atoms with Gasteiger partial charge in [-0.25, -0.2) is 4.98 Å². The first-order chi connectivity index (χ1) is 10.2. The number of carbonyl (C=O) groups excluding carboxylic acids is 1. The lowest BCUT2D eigenvalue weighted by Crippen LogP contribution is -2.13. The maximum absolute atomic E-state index is 12.2. The van der Waals surface area contributed by atoms with Crippen molar-refractivity contribution in [1.29, 1.82) is 0 Å². The first-order valence-electron chi connectivity index (χ1n) is 6.31. The molecule has 0 unspecified atom stereocenters. The number of hydrogen-bond donors (Lipinski definition) is 0. The Bertz CT molecular complexity index is 880. The number of nitrogens with zero attached hydrogens (tertiary/aromatic N) is 3. The van der Waals surface area contributed by atoms with Crippen molar-refractivity contribution < 1.29 is 9.53 Å². The lowest BCUT2D eigenvalue weighted by Gasteiger charge is -2.03. The predicted molar refractivity (Wildman–Crippen MR) is 81.5 cm³/mol. The van der Waals surface area contributed by atoms with Gasteiger partial charge in [0.05, 0.1) is 12.6 Å². The van der Waals surface area contributed by atoms with Crippen molar-refractivity contribution in [3.8, 4) is 5.75 Å². The molecule has 3 rings (SSSR count). The molecule has 6 heteroatoms. The first kappa shape index (κ1) is 13.5. The van der Waals surface area contributed by atoms with Crippen molar-refractivity contribution >= 4 is 28.1 Å². The van der Waals surface area contributed by atoms with E-state index in [1.807, 2.05) is 42.9 Å². The average Bonchev–Trinajstić information content (AvgIpc) is 2.91. The van der Waals surface area contributed by atoms with Gasteiger partial charge in [-0.05, 0) is 24.3 Å². The van der Waals surface area contributed by atoms with E-state index in [0.717, 1.165) is 16.7 Å². The maximum atomic E-state index is 12.2. The zero-order valence-corrected chi connectivity index (χ0v) is 12.4. The van der Waals surface area contributed by atoms with Crippen LogP contribution in [0.15, 0.2) is 46.9 Å². The highest BCUT2D eigenvalue weighted by atomic mass is 32.1. The summed E-state index contributed by atoms with van der Waals surface area (Å²) in [5.41, 5.74) is 1.08. The first-order valence-corrected chi connectivity index (χ1v) is 7.19. The summed E-state index contributed by atoms with van der Waals surface area (Å²) in [5.74, 6) is 0.421. The summed E-state index contributed by atoms with van der Waals surface area (Å²) in [4.78, 5) is 21.3. The van der Waals surface area contributed by atoms with Gasteiger partial charge in [-0.15, -0.1) is 11.3 Å². The fourth-order valence-electron chi connectivity index (χ4n) is 1.93. The van der Waals surface area contributed by atoms with Crippen molar-refractivity contribution in [3.05, 3.63) is 52.4 Å². The second kappa shape index (κ2) is 5.49. The number of aryl methyl sites for hydroxylation is 1. The van der Waals surface area contributed by atoms with Crippen LogP contribution in [0.25, 0.3) is 10.9 Å². The molecule has 0 saturated carbocycles. The molecule has 21 heavy (non-hydrogen) atoms. The number of benzene rings is 1. The second-order valence-electron chi connectivity index (χ2n) is 4.47. The van der Waals surface area contributed by atoms with Crippen molar-refractivity contribution in [2.45, 2.75) is 0 Å². The van der Waals surface area contributed by atoms with E-state index in [9.17, 15) is 4.79 Å². The Hall–Kier alpha value is -2.47. The third kappa shape index (κ3) is 2.71. The number of fused-ring (bicyclic) bond motifs is 1. The molecule has 1 aromatic carbocycles. The number of amides is 1. The van der Waals surface area contributed by atoms with E-state index in [2.05, 4.69) is 9.98 Å². The summed E-state index contributed by atoms with van der Waals surface area (Å²) < 4.78 is 6.97. The van der Waals surface area contributed by atoms with Gasteiger partial charge in [-0.1, -0.05) is 6.07 Å². The number of rotatable bonds is 2. The summed E-state index contributed by atoms with van der Waals surface area (Å²) in [6, 6.07) is 9.06. The van der Waals surface area contributed by atoms with Crippen LogP contribution in [-0.2, 0) is 7.05 Å². The summed E-state index contributed by atoms with van der Waals surface area (Å²) in [6.07, 6.45) is 1.86. The zero-order valence-electron chi connectivity index (χ0n) is 11.6. The highest BCUT2D eigenvalue weighted by molar-refractivity contribution is 7.07. The van der Waals surface area contributed by atoms with Gasteiger partial charge < -0.3 is 9.30 Å². The number of ether oxygens (including phenoxy) is 1. The Kier molecular flexibility index (Phi) is 3.53. The monoisotopic (exact) mass is 299 g/mol. The lowest BCUT2D eigenvalue weighted by molar-refractivity contribution is 0.0993. The van der Waals surface area contributed by atoms with E-state index in [-0.39, 0.29) is 5.91 Å². The quantitative estimate of drug-likeness (QED) is 0.730. The van der Waals surface area contributed by atoms with Gasteiger partial charge in [0, 0.05) is 24.0 Å². The molecule has 0 atom stereocenters. The minimum absolute atomic E-state index is 0.334. The van der Waals surface area contributed by atoms with Crippen LogP contribution < -0.4 is 9.54 Å². The molecule has 0 N–H and O–H groups in total. The summed E-state index contributed by atoms with van der Waals surface area (Å²) in [7, 11) is 3.47. The highest BCUT2D eigenvalue weighted by Gasteiger charge is 2.08. The molecular weight excluding hydrogens is 286 g/mol. The van der Waals surface area contributed by atoms with Crippen LogP contribution in [0.3, 0.4) is 0 Å². The van der Waals surface area contributed by atoms with Crippen molar-refractivity contribution in [2.75, 3.05) is 7.11 Å². The molecular formula is C15H13N3O2S. The van der Waals surface area contributed by atoms with Crippen LogP contribution in [0.4, 0.5) is 0 Å². The fourth-order valence-corrected chi connectivity index (χ4v) is 2.66. The molecule has 2 aromatic heterocycles. The molecule has 0 radical (unpaired) electrons. The molecule has 3 aromatic rings. The van der Waals surface area contributed by atoms with Crippen LogP contribution in [0.2, 0.25) is 0 Å². The van der Waals surface area contributed by atoms with Crippen molar-refractivity contribution in [2.24, 2.45) is 12.0 Å². The molecule has 2 heterocycles.